The van der Waals surface area contributed by atoms with Gasteiger partial charge in [-0.25, -0.2) is 0 Å². The first kappa shape index (κ1) is 18.3. The van der Waals surface area contributed by atoms with Crippen LogP contribution in [0.4, 0.5) is 5.69 Å². The summed E-state index contributed by atoms with van der Waals surface area (Å²) < 4.78 is 5.17. The first-order chi connectivity index (χ1) is 12.0. The number of ether oxygens (including phenoxy) is 1. The molecule has 0 aliphatic carbocycles. The van der Waals surface area contributed by atoms with Crippen molar-refractivity contribution in [3.63, 3.8) is 0 Å². The minimum atomic E-state index is -0.00967. The number of anilines is 1. The maximum Gasteiger partial charge on any atom is 0.253 e. The molecule has 0 aromatic heterocycles. The largest absolute Gasteiger partial charge is 0.497 e. The summed E-state index contributed by atoms with van der Waals surface area (Å²) in [7, 11) is 5.10. The van der Waals surface area contributed by atoms with Gasteiger partial charge in [-0.3, -0.25) is 9.79 Å². The molecule has 6 nitrogen and oxygen atoms in total. The van der Waals surface area contributed by atoms with Crippen LogP contribution < -0.4 is 15.8 Å². The van der Waals surface area contributed by atoms with E-state index in [9.17, 15) is 4.79 Å². The fourth-order valence-corrected chi connectivity index (χ4v) is 2.31. The minimum Gasteiger partial charge on any atom is -0.497 e. The molecule has 0 bridgehead atoms. The number of benzene rings is 2. The molecule has 0 aliphatic heterocycles. The van der Waals surface area contributed by atoms with Crippen LogP contribution in [0.3, 0.4) is 0 Å². The van der Waals surface area contributed by atoms with Gasteiger partial charge < -0.3 is 20.7 Å². The van der Waals surface area contributed by atoms with E-state index in [4.69, 9.17) is 10.5 Å². The average molecular weight is 340 g/mol. The molecule has 0 fully saturated rings. The van der Waals surface area contributed by atoms with Gasteiger partial charge in [0.1, 0.15) is 5.75 Å². The van der Waals surface area contributed by atoms with Crippen molar-refractivity contribution in [2.45, 2.75) is 6.42 Å². The van der Waals surface area contributed by atoms with E-state index in [-0.39, 0.29) is 5.91 Å². The van der Waals surface area contributed by atoms with Crippen LogP contribution in [0.2, 0.25) is 0 Å². The molecule has 0 heterocycles. The Morgan fingerprint density at radius 1 is 1.20 bits per heavy atom. The van der Waals surface area contributed by atoms with Crippen LogP contribution in [0, 0.1) is 0 Å². The molecule has 0 unspecified atom stereocenters. The van der Waals surface area contributed by atoms with Crippen molar-refractivity contribution in [2.75, 3.05) is 33.1 Å². The maximum absolute atomic E-state index is 12.0. The van der Waals surface area contributed by atoms with E-state index in [1.165, 1.54) is 0 Å². The van der Waals surface area contributed by atoms with Crippen molar-refractivity contribution in [3.05, 3.63) is 59.7 Å². The molecule has 0 saturated carbocycles. The molecule has 2 aromatic rings. The van der Waals surface area contributed by atoms with Crippen molar-refractivity contribution in [1.29, 1.82) is 0 Å². The molecule has 0 saturated heterocycles. The fraction of sp³-hybridized carbons (Fsp3) is 0.263. The number of hydrogen-bond acceptors (Lipinski definition) is 3. The molecule has 0 radical (unpaired) electrons. The van der Waals surface area contributed by atoms with Crippen LogP contribution in [-0.4, -0.2) is 44.5 Å². The lowest BCUT2D eigenvalue weighted by atomic mass is 10.1. The lowest BCUT2D eigenvalue weighted by molar-refractivity contribution is 0.0827. The van der Waals surface area contributed by atoms with Crippen LogP contribution in [0.1, 0.15) is 15.9 Å². The Bertz CT molecular complexity index is 757. The second kappa shape index (κ2) is 8.73. The second-order valence-electron chi connectivity index (χ2n) is 5.77. The number of amides is 1. The van der Waals surface area contributed by atoms with Gasteiger partial charge in [0.25, 0.3) is 5.91 Å². The number of methoxy groups -OCH3 is 1. The summed E-state index contributed by atoms with van der Waals surface area (Å²) in [4.78, 5) is 17.9. The molecule has 132 valence electrons. The number of aliphatic imine (C=N–C) groups is 1. The molecule has 2 aromatic carbocycles. The van der Waals surface area contributed by atoms with Crippen LogP contribution in [-0.2, 0) is 6.42 Å². The number of guanidine groups is 1. The van der Waals surface area contributed by atoms with Gasteiger partial charge in [0.2, 0.25) is 0 Å². The smallest absolute Gasteiger partial charge is 0.253 e. The molecular weight excluding hydrogens is 316 g/mol. The van der Waals surface area contributed by atoms with Gasteiger partial charge in [-0.15, -0.1) is 0 Å². The summed E-state index contributed by atoms with van der Waals surface area (Å²) in [6.45, 7) is 0.530. The topological polar surface area (TPSA) is 80.0 Å². The Kier molecular flexibility index (Phi) is 6.39. The summed E-state index contributed by atoms with van der Waals surface area (Å²) in [6.07, 6.45) is 0.703. The van der Waals surface area contributed by atoms with E-state index in [1.807, 2.05) is 48.5 Å². The number of nitrogens with one attached hydrogen (secondary N) is 1. The molecular formula is C19H24N4O2. The summed E-state index contributed by atoms with van der Waals surface area (Å²) >= 11 is 0. The zero-order chi connectivity index (χ0) is 18.2. The molecule has 0 aliphatic rings. The highest BCUT2D eigenvalue weighted by Gasteiger charge is 2.07. The Balaban J connectivity index is 1.93. The van der Waals surface area contributed by atoms with Crippen molar-refractivity contribution in [3.8, 4) is 5.75 Å². The van der Waals surface area contributed by atoms with E-state index < -0.39 is 0 Å². The zero-order valence-electron chi connectivity index (χ0n) is 14.8. The molecule has 25 heavy (non-hydrogen) atoms. The Morgan fingerprint density at radius 3 is 2.68 bits per heavy atom. The van der Waals surface area contributed by atoms with Crippen molar-refractivity contribution in [1.82, 2.24) is 4.90 Å². The number of nitrogens with zero attached hydrogens (tertiary/aromatic N) is 2. The fourth-order valence-electron chi connectivity index (χ4n) is 2.31. The van der Waals surface area contributed by atoms with E-state index in [0.29, 0.717) is 24.5 Å². The number of carbonyl (C=O) groups is 1. The normalized spacial score (nSPS) is 11.1. The van der Waals surface area contributed by atoms with Crippen LogP contribution in [0.25, 0.3) is 0 Å². The van der Waals surface area contributed by atoms with Gasteiger partial charge in [0.15, 0.2) is 5.96 Å². The van der Waals surface area contributed by atoms with Gasteiger partial charge in [0, 0.05) is 38.0 Å². The second-order valence-corrected chi connectivity index (χ2v) is 5.77. The molecule has 0 spiro atoms. The van der Waals surface area contributed by atoms with Gasteiger partial charge in [0.05, 0.1) is 7.11 Å². The highest BCUT2D eigenvalue weighted by molar-refractivity contribution is 5.94. The highest BCUT2D eigenvalue weighted by atomic mass is 16.5. The van der Waals surface area contributed by atoms with Gasteiger partial charge in [-0.2, -0.15) is 0 Å². The predicted molar refractivity (Wildman–Crippen MR) is 101 cm³/mol. The Labute approximate surface area is 148 Å². The molecule has 0 atom stereocenters. The zero-order valence-corrected chi connectivity index (χ0v) is 14.8. The molecule has 2 rings (SSSR count). The number of nitrogens with two attached hydrogens (primary N) is 1. The molecule has 1 amide bonds. The lowest BCUT2D eigenvalue weighted by Crippen LogP contribution is -2.23. The van der Waals surface area contributed by atoms with Gasteiger partial charge in [-0.05, 0) is 36.2 Å². The van der Waals surface area contributed by atoms with Crippen LogP contribution in [0.15, 0.2) is 53.5 Å². The van der Waals surface area contributed by atoms with E-state index in [2.05, 4.69) is 10.3 Å². The maximum atomic E-state index is 12.0. The van der Waals surface area contributed by atoms with Gasteiger partial charge in [-0.1, -0.05) is 18.2 Å². The van der Waals surface area contributed by atoms with Gasteiger partial charge >= 0.3 is 0 Å². The molecule has 3 N–H and O–H groups in total. The van der Waals surface area contributed by atoms with Crippen molar-refractivity contribution >= 4 is 17.6 Å². The number of carbonyl (C=O) groups excluding carboxylic acids is 1. The van der Waals surface area contributed by atoms with Crippen LogP contribution >= 0.6 is 0 Å². The third-order valence-electron chi connectivity index (χ3n) is 3.60. The first-order valence-electron chi connectivity index (χ1n) is 8.01. The van der Waals surface area contributed by atoms with Crippen molar-refractivity contribution < 1.29 is 9.53 Å². The third-order valence-corrected chi connectivity index (χ3v) is 3.60. The van der Waals surface area contributed by atoms with Crippen molar-refractivity contribution in [2.24, 2.45) is 10.7 Å². The Hall–Kier alpha value is -3.02. The monoisotopic (exact) mass is 340 g/mol. The number of hydrogen-bond donors (Lipinski definition) is 2. The highest BCUT2D eigenvalue weighted by Crippen LogP contribution is 2.16. The number of rotatable bonds is 6. The predicted octanol–water partition coefficient (Wildman–Crippen LogP) is 2.37. The summed E-state index contributed by atoms with van der Waals surface area (Å²) in [6, 6.07) is 15.0. The van der Waals surface area contributed by atoms with E-state index in [0.717, 1.165) is 17.0 Å². The summed E-state index contributed by atoms with van der Waals surface area (Å²) in [5, 5.41) is 3.03. The quantitative estimate of drug-likeness (QED) is 0.625. The first-order valence-corrected chi connectivity index (χ1v) is 8.01. The van der Waals surface area contributed by atoms with Crippen LogP contribution in [0.5, 0.6) is 5.75 Å². The SMILES string of the molecule is COc1cccc(NC(N)=NCCc2cccc(C(=O)N(C)C)c2)c1. The average Bonchev–Trinajstić information content (AvgIpc) is 2.61. The summed E-state index contributed by atoms with van der Waals surface area (Å²) in [5.74, 6) is 1.08. The lowest BCUT2D eigenvalue weighted by Gasteiger charge is -2.11. The molecule has 6 heteroatoms. The van der Waals surface area contributed by atoms with E-state index in [1.54, 1.807) is 26.1 Å². The standard InChI is InChI=1S/C19H24N4O2/c1-23(2)18(24)15-7-4-6-14(12-15)10-11-21-19(20)22-16-8-5-9-17(13-16)25-3/h4-9,12-13H,10-11H2,1-3H3,(H3,20,21,22). The minimum absolute atomic E-state index is 0.00967. The third kappa shape index (κ3) is 5.53. The van der Waals surface area contributed by atoms with E-state index >= 15 is 0 Å². The Morgan fingerprint density at radius 2 is 1.96 bits per heavy atom. The summed E-state index contributed by atoms with van der Waals surface area (Å²) in [5.41, 5.74) is 8.46.